The van der Waals surface area contributed by atoms with E-state index in [0.717, 1.165) is 26.4 Å². The van der Waals surface area contributed by atoms with Crippen LogP contribution in [0.3, 0.4) is 0 Å². The highest BCUT2D eigenvalue weighted by Gasteiger charge is 2.44. The molecule has 1 aromatic carbocycles. The maximum atomic E-state index is 14.6. The first-order valence-electron chi connectivity index (χ1n) is 8.34. The number of benzene rings is 1. The second-order valence-electron chi connectivity index (χ2n) is 6.30. The van der Waals surface area contributed by atoms with Gasteiger partial charge in [-0.25, -0.2) is 22.8 Å². The first-order chi connectivity index (χ1) is 12.8. The lowest BCUT2D eigenvalue weighted by Gasteiger charge is -2.35. The summed E-state index contributed by atoms with van der Waals surface area (Å²) >= 11 is 0. The van der Waals surface area contributed by atoms with Crippen LogP contribution in [0, 0.1) is 17.5 Å². The molecule has 2 heterocycles. The van der Waals surface area contributed by atoms with E-state index in [0.29, 0.717) is 30.8 Å². The summed E-state index contributed by atoms with van der Waals surface area (Å²) in [7, 11) is 2.32. The van der Waals surface area contributed by atoms with Gasteiger partial charge in [0.2, 0.25) is 0 Å². The van der Waals surface area contributed by atoms with Crippen LogP contribution in [-0.4, -0.2) is 37.6 Å². The second kappa shape index (κ2) is 7.09. The molecule has 1 fully saturated rings. The molecule has 1 unspecified atom stereocenters. The number of ether oxygens (including phenoxy) is 2. The lowest BCUT2D eigenvalue weighted by molar-refractivity contribution is -0.137. The fourth-order valence-corrected chi connectivity index (χ4v) is 3.79. The quantitative estimate of drug-likeness (QED) is 0.595. The molecule has 3 rings (SSSR count). The highest BCUT2D eigenvalue weighted by molar-refractivity contribution is 6.00. The number of nitrogens with zero attached hydrogens (tertiary/aromatic N) is 1. The summed E-state index contributed by atoms with van der Waals surface area (Å²) in [5, 5.41) is 0. The number of hydrogen-bond donors (Lipinski definition) is 0. The summed E-state index contributed by atoms with van der Waals surface area (Å²) in [5.41, 5.74) is 0.768. The summed E-state index contributed by atoms with van der Waals surface area (Å²) in [6, 6.07) is 1.79. The molecule has 0 spiro atoms. The van der Waals surface area contributed by atoms with Gasteiger partial charge in [0.15, 0.2) is 17.5 Å². The molecule has 0 N–H and O–H groups in total. The van der Waals surface area contributed by atoms with Crippen molar-refractivity contribution in [2.45, 2.75) is 25.7 Å². The molecule has 2 aliphatic heterocycles. The standard InChI is InChI=1S/C19H18F3NO4/c1-9-13(18(24)26-2)14(10-6-7-11(20)17(22)16(10)21)15(19(25)27-3)12-5-4-8-23(9)12/h6-7,14H,4-5,8H2,1-3H3. The number of carbonyl (C=O) groups is 2. The van der Waals surface area contributed by atoms with Gasteiger partial charge in [0, 0.05) is 23.5 Å². The van der Waals surface area contributed by atoms with E-state index in [2.05, 4.69) is 0 Å². The third-order valence-electron chi connectivity index (χ3n) is 4.99. The molecule has 0 amide bonds. The predicted molar refractivity (Wildman–Crippen MR) is 88.8 cm³/mol. The minimum absolute atomic E-state index is 0.00606. The van der Waals surface area contributed by atoms with Crippen LogP contribution < -0.4 is 0 Å². The average Bonchev–Trinajstić information content (AvgIpc) is 3.15. The zero-order valence-electron chi connectivity index (χ0n) is 15.1. The number of hydrogen-bond acceptors (Lipinski definition) is 5. The average molecular weight is 381 g/mol. The van der Waals surface area contributed by atoms with E-state index in [1.54, 1.807) is 11.8 Å². The van der Waals surface area contributed by atoms with Gasteiger partial charge in [-0.05, 0) is 25.8 Å². The Bertz CT molecular complexity index is 891. The van der Waals surface area contributed by atoms with Crippen LogP contribution in [-0.2, 0) is 19.1 Å². The Hall–Kier alpha value is -2.77. The van der Waals surface area contributed by atoms with Gasteiger partial charge >= 0.3 is 11.9 Å². The number of fused-ring (bicyclic) bond motifs is 1. The molecule has 1 saturated heterocycles. The Kier molecular flexibility index (Phi) is 4.99. The van der Waals surface area contributed by atoms with Gasteiger partial charge in [-0.15, -0.1) is 0 Å². The zero-order chi connectivity index (χ0) is 19.9. The third-order valence-corrected chi connectivity index (χ3v) is 4.99. The smallest absolute Gasteiger partial charge is 0.336 e. The van der Waals surface area contributed by atoms with Crippen LogP contribution in [0.15, 0.2) is 34.7 Å². The van der Waals surface area contributed by atoms with Gasteiger partial charge in [-0.1, -0.05) is 6.07 Å². The van der Waals surface area contributed by atoms with Crippen molar-refractivity contribution in [3.05, 3.63) is 57.7 Å². The topological polar surface area (TPSA) is 55.8 Å². The van der Waals surface area contributed by atoms with Gasteiger partial charge in [0.05, 0.1) is 31.3 Å². The van der Waals surface area contributed by atoms with Crippen molar-refractivity contribution in [2.24, 2.45) is 0 Å². The van der Waals surface area contributed by atoms with Gasteiger partial charge < -0.3 is 14.4 Å². The van der Waals surface area contributed by atoms with Crippen molar-refractivity contribution in [1.29, 1.82) is 0 Å². The fraction of sp³-hybridized carbons (Fsp3) is 0.368. The van der Waals surface area contributed by atoms with Crippen molar-refractivity contribution in [1.82, 2.24) is 4.90 Å². The molecule has 27 heavy (non-hydrogen) atoms. The largest absolute Gasteiger partial charge is 0.466 e. The molecule has 1 aromatic rings. The lowest BCUT2D eigenvalue weighted by atomic mass is 9.79. The summed E-state index contributed by atoms with van der Waals surface area (Å²) in [5.74, 6) is -7.29. The molecule has 0 aromatic heterocycles. The number of methoxy groups -OCH3 is 2. The lowest BCUT2D eigenvalue weighted by Crippen LogP contribution is -2.34. The Morgan fingerprint density at radius 2 is 1.67 bits per heavy atom. The normalized spacial score (nSPS) is 19.3. The summed E-state index contributed by atoms with van der Waals surface area (Å²) < 4.78 is 51.6. The molecule has 0 bridgehead atoms. The molecular formula is C19H18F3NO4. The van der Waals surface area contributed by atoms with Gasteiger partial charge in [0.1, 0.15) is 0 Å². The van der Waals surface area contributed by atoms with Crippen molar-refractivity contribution in [3.8, 4) is 0 Å². The van der Waals surface area contributed by atoms with E-state index in [9.17, 15) is 22.8 Å². The molecule has 5 nitrogen and oxygen atoms in total. The Labute approximate surface area is 154 Å². The second-order valence-corrected chi connectivity index (χ2v) is 6.30. The SMILES string of the molecule is COC(=O)C1=C(C)N2CCCC2=C(C(=O)OC)C1c1ccc(F)c(F)c1F. The molecule has 0 radical (unpaired) electrons. The molecule has 144 valence electrons. The Balaban J connectivity index is 2.34. The van der Waals surface area contributed by atoms with Crippen LogP contribution in [0.5, 0.6) is 0 Å². The highest BCUT2D eigenvalue weighted by Crippen LogP contribution is 2.46. The highest BCUT2D eigenvalue weighted by atomic mass is 19.2. The first kappa shape index (κ1) is 19.0. The van der Waals surface area contributed by atoms with E-state index in [1.807, 2.05) is 0 Å². The summed E-state index contributed by atoms with van der Waals surface area (Å²) in [4.78, 5) is 26.8. The zero-order valence-corrected chi connectivity index (χ0v) is 15.1. The van der Waals surface area contributed by atoms with E-state index < -0.39 is 35.3 Å². The number of carbonyl (C=O) groups excluding carboxylic acids is 2. The maximum absolute atomic E-state index is 14.6. The maximum Gasteiger partial charge on any atom is 0.336 e. The molecule has 2 aliphatic rings. The van der Waals surface area contributed by atoms with Crippen molar-refractivity contribution in [2.75, 3.05) is 20.8 Å². The number of esters is 2. The van der Waals surface area contributed by atoms with E-state index in [1.165, 1.54) is 0 Å². The monoisotopic (exact) mass is 381 g/mol. The van der Waals surface area contributed by atoms with E-state index in [-0.39, 0.29) is 16.7 Å². The fourth-order valence-electron chi connectivity index (χ4n) is 3.79. The minimum Gasteiger partial charge on any atom is -0.466 e. The molecule has 0 aliphatic carbocycles. The van der Waals surface area contributed by atoms with E-state index >= 15 is 0 Å². The van der Waals surface area contributed by atoms with Crippen LogP contribution >= 0.6 is 0 Å². The van der Waals surface area contributed by atoms with Crippen molar-refractivity contribution < 1.29 is 32.2 Å². The number of allylic oxidation sites excluding steroid dienone is 2. The van der Waals surface area contributed by atoms with Crippen molar-refractivity contribution in [3.63, 3.8) is 0 Å². The number of rotatable bonds is 3. The van der Waals surface area contributed by atoms with Gasteiger partial charge in [-0.2, -0.15) is 0 Å². The predicted octanol–water partition coefficient (Wildman–Crippen LogP) is 3.17. The Morgan fingerprint density at radius 1 is 1.04 bits per heavy atom. The van der Waals surface area contributed by atoms with Crippen LogP contribution in [0.2, 0.25) is 0 Å². The van der Waals surface area contributed by atoms with Crippen molar-refractivity contribution >= 4 is 11.9 Å². The molecule has 0 saturated carbocycles. The summed E-state index contributed by atoms with van der Waals surface area (Å²) in [6.07, 6.45) is 1.23. The Morgan fingerprint density at radius 3 is 2.30 bits per heavy atom. The molecule has 1 atom stereocenters. The first-order valence-corrected chi connectivity index (χ1v) is 8.34. The molecular weight excluding hydrogens is 363 g/mol. The van der Waals surface area contributed by atoms with Crippen LogP contribution in [0.4, 0.5) is 13.2 Å². The third kappa shape index (κ3) is 2.89. The molecule has 8 heteroatoms. The summed E-state index contributed by atoms with van der Waals surface area (Å²) in [6.45, 7) is 2.21. The van der Waals surface area contributed by atoms with E-state index in [4.69, 9.17) is 9.47 Å². The number of halogens is 3. The van der Waals surface area contributed by atoms with Crippen LogP contribution in [0.1, 0.15) is 31.2 Å². The van der Waals surface area contributed by atoms with Gasteiger partial charge in [0.25, 0.3) is 0 Å². The van der Waals surface area contributed by atoms with Gasteiger partial charge in [-0.3, -0.25) is 0 Å². The van der Waals surface area contributed by atoms with Crippen LogP contribution in [0.25, 0.3) is 0 Å². The minimum atomic E-state index is -1.67.